The summed E-state index contributed by atoms with van der Waals surface area (Å²) in [5, 5.41) is 55.1. The fourth-order valence-corrected chi connectivity index (χ4v) is 4.05. The van der Waals surface area contributed by atoms with E-state index in [9.17, 15) is 39.5 Å². The van der Waals surface area contributed by atoms with Crippen molar-refractivity contribution in [1.82, 2.24) is 5.32 Å². The molecule has 0 aliphatic heterocycles. The van der Waals surface area contributed by atoms with Crippen molar-refractivity contribution in [2.75, 3.05) is 0 Å². The molecule has 0 saturated carbocycles. The van der Waals surface area contributed by atoms with Crippen LogP contribution in [0.2, 0.25) is 0 Å². The maximum Gasteiger partial charge on any atom is 0.213 e. The molecule has 0 fully saturated rings. The molecule has 2 aromatic rings. The molecule has 0 aromatic heterocycles. The third kappa shape index (κ3) is 3.27. The molecule has 0 bridgehead atoms. The van der Waals surface area contributed by atoms with E-state index in [4.69, 9.17) is 0 Å². The number of rotatable bonds is 3. The first-order valence-corrected chi connectivity index (χ1v) is 9.51. The quantitative estimate of drug-likeness (QED) is 0.396. The van der Waals surface area contributed by atoms with Gasteiger partial charge in [-0.15, -0.1) is 0 Å². The summed E-state index contributed by atoms with van der Waals surface area (Å²) in [5.41, 5.74) is -2.71. The zero-order valence-corrected chi connectivity index (χ0v) is 16.4. The summed E-state index contributed by atoms with van der Waals surface area (Å²) in [6.45, 7) is 1.33. The van der Waals surface area contributed by atoms with E-state index in [0.717, 1.165) is 6.08 Å². The lowest BCUT2D eigenvalue weighted by Gasteiger charge is -2.39. The standard InChI is InChI=1S/C22H20FNO7/c1-22(31)7-11-14(20(29)21(22)30)19(28)15-13(25)6-12(18(27)16(15)17(11)26)24-8-9-2-4-10(23)5-3-9/h2-6,20-21,24,26,28-31H,7-8H2,1H3/t20-,21+,22-/m0/s1. The number of aromatic hydroxyl groups is 2. The molecule has 0 saturated heterocycles. The first-order valence-electron chi connectivity index (χ1n) is 9.51. The number of carbonyl (C=O) groups excluding carboxylic acids is 2. The Labute approximate surface area is 175 Å². The SMILES string of the molecule is C[C@]1(O)Cc2c(O)c3c(c(O)c2[C@H](O)[C@H]1O)C(=O)C=C(NCc1ccc(F)cc1)C3=O. The number of hydrogen-bond donors (Lipinski definition) is 6. The summed E-state index contributed by atoms with van der Waals surface area (Å²) >= 11 is 0. The average Bonchev–Trinajstić information content (AvgIpc) is 2.71. The Morgan fingerprint density at radius 2 is 1.74 bits per heavy atom. The highest BCUT2D eigenvalue weighted by molar-refractivity contribution is 6.26. The second-order valence-corrected chi connectivity index (χ2v) is 7.99. The second-order valence-electron chi connectivity index (χ2n) is 7.99. The van der Waals surface area contributed by atoms with E-state index in [1.54, 1.807) is 0 Å². The van der Waals surface area contributed by atoms with Crippen molar-refractivity contribution in [3.63, 3.8) is 0 Å². The molecule has 2 aliphatic carbocycles. The van der Waals surface area contributed by atoms with Gasteiger partial charge in [-0.05, 0) is 24.6 Å². The Morgan fingerprint density at radius 3 is 2.39 bits per heavy atom. The van der Waals surface area contributed by atoms with Crippen LogP contribution in [-0.2, 0) is 13.0 Å². The van der Waals surface area contributed by atoms with Crippen LogP contribution in [0.15, 0.2) is 36.0 Å². The Bertz CT molecular complexity index is 1140. The third-order valence-corrected chi connectivity index (χ3v) is 5.75. The van der Waals surface area contributed by atoms with Crippen LogP contribution in [0, 0.1) is 5.82 Å². The van der Waals surface area contributed by atoms with Crippen LogP contribution < -0.4 is 5.32 Å². The highest BCUT2D eigenvalue weighted by Gasteiger charge is 2.47. The smallest absolute Gasteiger partial charge is 0.213 e. The van der Waals surface area contributed by atoms with E-state index >= 15 is 0 Å². The molecule has 3 atom stereocenters. The van der Waals surface area contributed by atoms with E-state index in [2.05, 4.69) is 5.32 Å². The largest absolute Gasteiger partial charge is 0.507 e. The van der Waals surface area contributed by atoms with Crippen LogP contribution in [-0.4, -0.2) is 48.8 Å². The highest BCUT2D eigenvalue weighted by atomic mass is 19.1. The van der Waals surface area contributed by atoms with Crippen molar-refractivity contribution in [2.45, 2.75) is 37.7 Å². The predicted octanol–water partition coefficient (Wildman–Crippen LogP) is 0.991. The van der Waals surface area contributed by atoms with Gasteiger partial charge in [0.2, 0.25) is 5.78 Å². The normalized spacial score (nSPS) is 25.0. The molecule has 4 rings (SSSR count). The summed E-state index contributed by atoms with van der Waals surface area (Å²) in [6.07, 6.45) is -2.86. The number of phenols is 2. The number of carbonyl (C=O) groups is 2. The molecule has 0 amide bonds. The van der Waals surface area contributed by atoms with E-state index in [1.165, 1.54) is 31.2 Å². The number of halogens is 1. The number of Topliss-reactive ketones (excluding diaryl/α,β-unsaturated/α-hetero) is 1. The first-order chi connectivity index (χ1) is 14.5. The number of nitrogens with one attached hydrogen (secondary N) is 1. The number of fused-ring (bicyclic) bond motifs is 2. The zero-order chi connectivity index (χ0) is 22.7. The summed E-state index contributed by atoms with van der Waals surface area (Å²) in [6, 6.07) is 5.49. The van der Waals surface area contributed by atoms with Crippen molar-refractivity contribution in [3.05, 3.63) is 69.7 Å². The Balaban J connectivity index is 1.75. The van der Waals surface area contributed by atoms with E-state index in [-0.39, 0.29) is 29.8 Å². The van der Waals surface area contributed by atoms with Gasteiger partial charge >= 0.3 is 0 Å². The van der Waals surface area contributed by atoms with Crippen LogP contribution in [0.25, 0.3) is 0 Å². The number of phenolic OH excluding ortho intramolecular Hbond substituents is 2. The Kier molecular flexibility index (Phi) is 4.84. The van der Waals surface area contributed by atoms with Gasteiger partial charge in [-0.2, -0.15) is 0 Å². The Hall–Kier alpha value is -3.27. The topological polar surface area (TPSA) is 147 Å². The van der Waals surface area contributed by atoms with Crippen molar-refractivity contribution in [2.24, 2.45) is 0 Å². The molecule has 31 heavy (non-hydrogen) atoms. The van der Waals surface area contributed by atoms with Crippen molar-refractivity contribution < 1.29 is 39.5 Å². The van der Waals surface area contributed by atoms with Gasteiger partial charge in [-0.25, -0.2) is 4.39 Å². The molecule has 0 spiro atoms. The fourth-order valence-electron chi connectivity index (χ4n) is 4.05. The number of allylic oxidation sites excluding steroid dienone is 2. The second kappa shape index (κ2) is 7.16. The average molecular weight is 429 g/mol. The fraction of sp³-hybridized carbons (Fsp3) is 0.273. The first kappa shape index (κ1) is 21.0. The van der Waals surface area contributed by atoms with Crippen molar-refractivity contribution in [1.29, 1.82) is 0 Å². The molecule has 2 aliphatic rings. The van der Waals surface area contributed by atoms with Crippen LogP contribution in [0.1, 0.15) is 50.4 Å². The maximum absolute atomic E-state index is 13.1. The summed E-state index contributed by atoms with van der Waals surface area (Å²) < 4.78 is 13.1. The zero-order valence-electron chi connectivity index (χ0n) is 16.4. The van der Waals surface area contributed by atoms with Gasteiger partial charge in [-0.3, -0.25) is 9.59 Å². The monoisotopic (exact) mass is 429 g/mol. The summed E-state index contributed by atoms with van der Waals surface area (Å²) in [5.74, 6) is -3.36. The van der Waals surface area contributed by atoms with Gasteiger partial charge in [0.1, 0.15) is 29.5 Å². The van der Waals surface area contributed by atoms with Gasteiger partial charge in [0.25, 0.3) is 0 Å². The van der Waals surface area contributed by atoms with E-state index in [1.807, 2.05) is 0 Å². The molecule has 0 radical (unpaired) electrons. The minimum atomic E-state index is -1.84. The van der Waals surface area contributed by atoms with E-state index < -0.39 is 57.8 Å². The van der Waals surface area contributed by atoms with Crippen molar-refractivity contribution in [3.8, 4) is 11.5 Å². The number of benzene rings is 2. The Morgan fingerprint density at radius 1 is 1.10 bits per heavy atom. The van der Waals surface area contributed by atoms with Crippen LogP contribution in [0.3, 0.4) is 0 Å². The molecule has 0 unspecified atom stereocenters. The van der Waals surface area contributed by atoms with Crippen LogP contribution in [0.5, 0.6) is 11.5 Å². The van der Waals surface area contributed by atoms with Gasteiger partial charge < -0.3 is 30.8 Å². The van der Waals surface area contributed by atoms with Gasteiger partial charge in [-0.1, -0.05) is 12.1 Å². The lowest BCUT2D eigenvalue weighted by Crippen LogP contribution is -2.48. The van der Waals surface area contributed by atoms with Gasteiger partial charge in [0.05, 0.1) is 22.4 Å². The highest BCUT2D eigenvalue weighted by Crippen LogP contribution is 2.49. The lowest BCUT2D eigenvalue weighted by atomic mass is 9.73. The third-order valence-electron chi connectivity index (χ3n) is 5.75. The summed E-state index contributed by atoms with van der Waals surface area (Å²) in [4.78, 5) is 25.7. The molecule has 162 valence electrons. The molecule has 6 N–H and O–H groups in total. The van der Waals surface area contributed by atoms with Crippen LogP contribution >= 0.6 is 0 Å². The number of hydrogen-bond acceptors (Lipinski definition) is 8. The van der Waals surface area contributed by atoms with Gasteiger partial charge in [0, 0.05) is 30.2 Å². The molecule has 0 heterocycles. The molecule has 8 nitrogen and oxygen atoms in total. The number of ketones is 2. The van der Waals surface area contributed by atoms with Crippen LogP contribution in [0.4, 0.5) is 4.39 Å². The van der Waals surface area contributed by atoms with Gasteiger partial charge in [0.15, 0.2) is 5.78 Å². The maximum atomic E-state index is 13.1. The molecular formula is C22H20FNO7. The molecule has 2 aromatic carbocycles. The number of aliphatic hydroxyl groups excluding tert-OH is 2. The predicted molar refractivity (Wildman–Crippen MR) is 105 cm³/mol. The summed E-state index contributed by atoms with van der Waals surface area (Å²) in [7, 11) is 0. The molecular weight excluding hydrogens is 409 g/mol. The van der Waals surface area contributed by atoms with Crippen molar-refractivity contribution >= 4 is 11.6 Å². The lowest BCUT2D eigenvalue weighted by molar-refractivity contribution is -0.126. The minimum absolute atomic E-state index is 0.0950. The van der Waals surface area contributed by atoms with E-state index in [0.29, 0.717) is 5.56 Å². The molecule has 9 heteroatoms. The minimum Gasteiger partial charge on any atom is -0.507 e. The number of aliphatic hydroxyl groups is 3.